The van der Waals surface area contributed by atoms with Crippen molar-refractivity contribution in [3.8, 4) is 16.9 Å². The second-order valence-electron chi connectivity index (χ2n) is 9.19. The zero-order valence-electron chi connectivity index (χ0n) is 19.7. The Bertz CT molecular complexity index is 1610. The SMILES string of the molecule is Nc1nc(NC2(C(F)(F)F)CC2)c2nc(-c3ccc(F)cc3)cc(Cc3ccc(-n4cncn4)cc3)c2n1. The molecule has 0 atom stereocenters. The number of halogens is 4. The van der Waals surface area contributed by atoms with Gasteiger partial charge in [0.1, 0.15) is 35.0 Å². The van der Waals surface area contributed by atoms with Crippen LogP contribution in [0.25, 0.3) is 28.0 Å². The first-order valence-electron chi connectivity index (χ1n) is 11.7. The van der Waals surface area contributed by atoms with E-state index < -0.39 is 17.5 Å². The van der Waals surface area contributed by atoms with Crippen molar-refractivity contribution in [3.63, 3.8) is 0 Å². The molecule has 0 radical (unpaired) electrons. The lowest BCUT2D eigenvalue weighted by Gasteiger charge is -2.22. The molecular formula is C26H20F4N8. The number of nitrogens with one attached hydrogen (secondary N) is 1. The second-order valence-corrected chi connectivity index (χ2v) is 9.19. The summed E-state index contributed by atoms with van der Waals surface area (Å²) in [7, 11) is 0. The van der Waals surface area contributed by atoms with Crippen molar-refractivity contribution in [2.45, 2.75) is 31.0 Å². The molecule has 2 aromatic carbocycles. The summed E-state index contributed by atoms with van der Waals surface area (Å²) in [5, 5.41) is 6.68. The van der Waals surface area contributed by atoms with E-state index in [0.29, 0.717) is 28.8 Å². The fourth-order valence-electron chi connectivity index (χ4n) is 4.34. The van der Waals surface area contributed by atoms with E-state index in [1.165, 1.54) is 18.5 Å². The topological polar surface area (TPSA) is 107 Å². The van der Waals surface area contributed by atoms with Gasteiger partial charge in [0.15, 0.2) is 5.82 Å². The van der Waals surface area contributed by atoms with Gasteiger partial charge < -0.3 is 11.1 Å². The number of pyridine rings is 1. The third kappa shape index (κ3) is 4.38. The van der Waals surface area contributed by atoms with Gasteiger partial charge in [-0.25, -0.2) is 24.0 Å². The predicted molar refractivity (Wildman–Crippen MR) is 133 cm³/mol. The van der Waals surface area contributed by atoms with Gasteiger partial charge >= 0.3 is 6.18 Å². The third-order valence-corrected chi connectivity index (χ3v) is 6.55. The van der Waals surface area contributed by atoms with Gasteiger partial charge in [-0.15, -0.1) is 0 Å². The zero-order chi connectivity index (χ0) is 26.5. The Kier molecular flexibility index (Phi) is 5.47. The van der Waals surface area contributed by atoms with E-state index in [1.54, 1.807) is 29.2 Å². The van der Waals surface area contributed by atoms with Crippen molar-refractivity contribution in [3.05, 3.63) is 84.2 Å². The van der Waals surface area contributed by atoms with Crippen LogP contribution in [0.1, 0.15) is 24.0 Å². The monoisotopic (exact) mass is 520 g/mol. The number of hydrogen-bond acceptors (Lipinski definition) is 7. The molecular weight excluding hydrogens is 500 g/mol. The lowest BCUT2D eigenvalue weighted by atomic mass is 10.0. The standard InChI is InChI=1S/C26H20F4N8/c27-18-5-3-16(4-6-18)20-12-17(11-15-1-7-19(8-2-15)38-14-32-13-33-38)21-22(34-20)23(36-24(31)35-21)37-25(9-10-25)26(28,29)30/h1-8,12-14H,9-11H2,(H3,31,35,36,37). The minimum absolute atomic E-state index is 0.0788. The van der Waals surface area contributed by atoms with E-state index in [0.717, 1.165) is 11.3 Å². The van der Waals surface area contributed by atoms with Gasteiger partial charge in [-0.3, -0.25) is 0 Å². The van der Waals surface area contributed by atoms with Gasteiger partial charge in [-0.1, -0.05) is 12.1 Å². The number of benzene rings is 2. The van der Waals surface area contributed by atoms with Crippen LogP contribution in [0.3, 0.4) is 0 Å². The number of nitrogens with two attached hydrogens (primary N) is 1. The minimum atomic E-state index is -4.47. The molecule has 0 bridgehead atoms. The maximum atomic E-state index is 13.8. The molecule has 0 amide bonds. The molecule has 3 heterocycles. The molecule has 1 aliphatic carbocycles. The Hall–Kier alpha value is -4.61. The van der Waals surface area contributed by atoms with E-state index in [-0.39, 0.29) is 30.1 Å². The lowest BCUT2D eigenvalue weighted by molar-refractivity contribution is -0.151. The van der Waals surface area contributed by atoms with Crippen molar-refractivity contribution in [1.82, 2.24) is 29.7 Å². The van der Waals surface area contributed by atoms with E-state index >= 15 is 0 Å². The van der Waals surface area contributed by atoms with Crippen molar-refractivity contribution < 1.29 is 17.6 Å². The maximum absolute atomic E-state index is 13.8. The largest absolute Gasteiger partial charge is 0.411 e. The van der Waals surface area contributed by atoms with Crippen LogP contribution in [0.5, 0.6) is 0 Å². The van der Waals surface area contributed by atoms with Crippen molar-refractivity contribution >= 4 is 22.8 Å². The highest BCUT2D eigenvalue weighted by Crippen LogP contribution is 2.51. The van der Waals surface area contributed by atoms with Crippen LogP contribution in [0, 0.1) is 5.82 Å². The number of rotatable bonds is 6. The Morgan fingerprint density at radius 2 is 1.68 bits per heavy atom. The minimum Gasteiger partial charge on any atom is -0.368 e. The summed E-state index contributed by atoms with van der Waals surface area (Å²) in [5.41, 5.74) is 7.81. The van der Waals surface area contributed by atoms with Gasteiger partial charge in [0.2, 0.25) is 5.95 Å². The van der Waals surface area contributed by atoms with Crippen LogP contribution in [0.4, 0.5) is 29.3 Å². The van der Waals surface area contributed by atoms with E-state index in [4.69, 9.17) is 5.73 Å². The molecule has 0 spiro atoms. The molecule has 1 fully saturated rings. The van der Waals surface area contributed by atoms with Crippen LogP contribution < -0.4 is 11.1 Å². The Labute approximate surface area is 213 Å². The molecule has 5 aromatic rings. The summed E-state index contributed by atoms with van der Waals surface area (Å²) in [6.45, 7) is 0. The summed E-state index contributed by atoms with van der Waals surface area (Å²) in [6, 6.07) is 15.1. The smallest absolute Gasteiger partial charge is 0.368 e. The molecule has 0 aliphatic heterocycles. The molecule has 192 valence electrons. The molecule has 6 rings (SSSR count). The number of nitrogens with zero attached hydrogens (tertiary/aromatic N) is 6. The fraction of sp³-hybridized carbons (Fsp3) is 0.192. The van der Waals surface area contributed by atoms with E-state index in [2.05, 4.69) is 30.4 Å². The molecule has 3 aromatic heterocycles. The quantitative estimate of drug-likeness (QED) is 0.300. The normalized spacial score (nSPS) is 14.5. The predicted octanol–water partition coefficient (Wildman–Crippen LogP) is 5.09. The average Bonchev–Trinajstić information content (AvgIpc) is 3.48. The number of hydrogen-bond donors (Lipinski definition) is 2. The summed E-state index contributed by atoms with van der Waals surface area (Å²) >= 11 is 0. The van der Waals surface area contributed by atoms with E-state index in [9.17, 15) is 17.6 Å². The molecule has 3 N–H and O–H groups in total. The number of nitrogen functional groups attached to an aromatic ring is 1. The number of fused-ring (bicyclic) bond motifs is 1. The molecule has 1 aliphatic rings. The average molecular weight is 520 g/mol. The number of aromatic nitrogens is 6. The first-order chi connectivity index (χ1) is 18.2. The first kappa shape index (κ1) is 23.8. The highest BCUT2D eigenvalue weighted by atomic mass is 19.4. The van der Waals surface area contributed by atoms with Crippen molar-refractivity contribution in [2.24, 2.45) is 0 Å². The molecule has 0 saturated heterocycles. The van der Waals surface area contributed by atoms with E-state index in [1.807, 2.05) is 24.3 Å². The Balaban J connectivity index is 1.47. The third-order valence-electron chi connectivity index (χ3n) is 6.55. The summed E-state index contributed by atoms with van der Waals surface area (Å²) in [6.07, 6.45) is -1.22. The van der Waals surface area contributed by atoms with Crippen molar-refractivity contribution in [1.29, 1.82) is 0 Å². The van der Waals surface area contributed by atoms with Crippen molar-refractivity contribution in [2.75, 3.05) is 11.1 Å². The highest BCUT2D eigenvalue weighted by Gasteiger charge is 2.64. The molecule has 1 saturated carbocycles. The fourth-order valence-corrected chi connectivity index (χ4v) is 4.34. The second kappa shape index (κ2) is 8.75. The summed E-state index contributed by atoms with van der Waals surface area (Å²) in [5.74, 6) is -0.673. The maximum Gasteiger partial charge on any atom is 0.411 e. The number of alkyl halides is 3. The molecule has 12 heteroatoms. The summed E-state index contributed by atoms with van der Waals surface area (Å²) < 4.78 is 56.5. The summed E-state index contributed by atoms with van der Waals surface area (Å²) in [4.78, 5) is 17.0. The molecule has 38 heavy (non-hydrogen) atoms. The van der Waals surface area contributed by atoms with Crippen LogP contribution in [0.15, 0.2) is 67.3 Å². The van der Waals surface area contributed by atoms with Crippen LogP contribution in [-0.2, 0) is 6.42 Å². The van der Waals surface area contributed by atoms with Crippen LogP contribution in [0.2, 0.25) is 0 Å². The molecule has 0 unspecified atom stereocenters. The molecule has 8 nitrogen and oxygen atoms in total. The lowest BCUT2D eigenvalue weighted by Crippen LogP contribution is -2.39. The zero-order valence-corrected chi connectivity index (χ0v) is 19.7. The van der Waals surface area contributed by atoms with Crippen LogP contribution in [-0.4, -0.2) is 41.4 Å². The van der Waals surface area contributed by atoms with Gasteiger partial charge in [0.25, 0.3) is 0 Å². The Morgan fingerprint density at radius 1 is 0.947 bits per heavy atom. The van der Waals surface area contributed by atoms with Gasteiger partial charge in [0.05, 0.1) is 11.4 Å². The van der Waals surface area contributed by atoms with Gasteiger partial charge in [0, 0.05) is 5.56 Å². The Morgan fingerprint density at radius 3 is 2.32 bits per heavy atom. The number of anilines is 2. The van der Waals surface area contributed by atoms with Crippen LogP contribution >= 0.6 is 0 Å². The van der Waals surface area contributed by atoms with Gasteiger partial charge in [-0.05, 0) is 72.9 Å². The highest BCUT2D eigenvalue weighted by molar-refractivity contribution is 5.91. The van der Waals surface area contributed by atoms with Gasteiger partial charge in [-0.2, -0.15) is 23.3 Å². The first-order valence-corrected chi connectivity index (χ1v) is 11.7.